The molecular formula is C21H21N3O4. The van der Waals surface area contributed by atoms with Crippen LogP contribution in [0.1, 0.15) is 11.1 Å². The molecule has 0 atom stereocenters. The SMILES string of the molecule is COc1ccc(CC(=O)N2CCN(c3ccccc3C#N)C(=O)C2)c(OC)c1. The molecule has 7 nitrogen and oxygen atoms in total. The Kier molecular flexibility index (Phi) is 5.80. The molecule has 0 aromatic heterocycles. The molecule has 1 aliphatic rings. The van der Waals surface area contributed by atoms with Gasteiger partial charge in [-0.2, -0.15) is 5.26 Å². The molecule has 0 spiro atoms. The maximum Gasteiger partial charge on any atom is 0.246 e. The zero-order chi connectivity index (χ0) is 20.1. The van der Waals surface area contributed by atoms with Crippen molar-refractivity contribution in [3.05, 3.63) is 53.6 Å². The van der Waals surface area contributed by atoms with E-state index < -0.39 is 0 Å². The minimum Gasteiger partial charge on any atom is -0.497 e. The Bertz CT molecular complexity index is 935. The summed E-state index contributed by atoms with van der Waals surface area (Å²) >= 11 is 0. The summed E-state index contributed by atoms with van der Waals surface area (Å²) in [5, 5.41) is 9.25. The highest BCUT2D eigenvalue weighted by Gasteiger charge is 2.29. The number of rotatable bonds is 5. The van der Waals surface area contributed by atoms with Crippen LogP contribution >= 0.6 is 0 Å². The fourth-order valence-corrected chi connectivity index (χ4v) is 3.22. The number of carbonyl (C=O) groups excluding carboxylic acids is 2. The number of hydrogen-bond acceptors (Lipinski definition) is 5. The van der Waals surface area contributed by atoms with Crippen LogP contribution in [0, 0.1) is 11.3 Å². The van der Waals surface area contributed by atoms with E-state index in [1.54, 1.807) is 54.5 Å². The minimum absolute atomic E-state index is 0.0168. The molecule has 0 radical (unpaired) electrons. The number of para-hydroxylation sites is 1. The van der Waals surface area contributed by atoms with Gasteiger partial charge in [0.2, 0.25) is 11.8 Å². The van der Waals surface area contributed by atoms with Gasteiger partial charge in [0, 0.05) is 24.7 Å². The van der Waals surface area contributed by atoms with Gasteiger partial charge in [-0.15, -0.1) is 0 Å². The third-order valence-corrected chi connectivity index (χ3v) is 4.72. The molecule has 2 aromatic carbocycles. The first-order valence-corrected chi connectivity index (χ1v) is 8.85. The van der Waals surface area contributed by atoms with E-state index in [0.717, 1.165) is 5.56 Å². The van der Waals surface area contributed by atoms with Gasteiger partial charge < -0.3 is 19.3 Å². The zero-order valence-electron chi connectivity index (χ0n) is 15.8. The minimum atomic E-state index is -0.205. The molecule has 28 heavy (non-hydrogen) atoms. The van der Waals surface area contributed by atoms with E-state index >= 15 is 0 Å². The summed E-state index contributed by atoms with van der Waals surface area (Å²) in [6.45, 7) is 0.739. The average molecular weight is 379 g/mol. The monoisotopic (exact) mass is 379 g/mol. The Morgan fingerprint density at radius 1 is 1.14 bits per heavy atom. The fraction of sp³-hybridized carbons (Fsp3) is 0.286. The first-order valence-electron chi connectivity index (χ1n) is 8.85. The third kappa shape index (κ3) is 3.91. The van der Waals surface area contributed by atoms with Crippen molar-refractivity contribution < 1.29 is 19.1 Å². The van der Waals surface area contributed by atoms with E-state index in [0.29, 0.717) is 35.8 Å². The van der Waals surface area contributed by atoms with Crippen LogP contribution in [0.25, 0.3) is 0 Å². The van der Waals surface area contributed by atoms with Gasteiger partial charge in [0.15, 0.2) is 0 Å². The van der Waals surface area contributed by atoms with Crippen molar-refractivity contribution in [2.75, 3.05) is 38.8 Å². The molecule has 2 aromatic rings. The molecule has 7 heteroatoms. The van der Waals surface area contributed by atoms with Crippen molar-refractivity contribution in [2.24, 2.45) is 0 Å². The summed E-state index contributed by atoms with van der Waals surface area (Å²) in [6, 6.07) is 14.4. The van der Waals surface area contributed by atoms with Gasteiger partial charge in [0.1, 0.15) is 24.1 Å². The molecule has 1 aliphatic heterocycles. The number of amides is 2. The zero-order valence-corrected chi connectivity index (χ0v) is 15.8. The Morgan fingerprint density at radius 2 is 1.93 bits per heavy atom. The first-order chi connectivity index (χ1) is 13.6. The maximum atomic E-state index is 12.7. The summed E-state index contributed by atoms with van der Waals surface area (Å²) in [6.07, 6.45) is 0.134. The van der Waals surface area contributed by atoms with Crippen LogP contribution in [-0.4, -0.2) is 50.6 Å². The molecule has 0 aliphatic carbocycles. The lowest BCUT2D eigenvalue weighted by molar-refractivity contribution is -0.136. The van der Waals surface area contributed by atoms with Crippen LogP contribution in [0.5, 0.6) is 11.5 Å². The number of piperazine rings is 1. The van der Waals surface area contributed by atoms with Gasteiger partial charge in [-0.05, 0) is 18.2 Å². The average Bonchev–Trinajstić information content (AvgIpc) is 2.73. The Balaban J connectivity index is 1.70. The molecule has 0 unspecified atom stereocenters. The number of anilines is 1. The third-order valence-electron chi connectivity index (χ3n) is 4.72. The largest absolute Gasteiger partial charge is 0.497 e. The highest BCUT2D eigenvalue weighted by atomic mass is 16.5. The van der Waals surface area contributed by atoms with Gasteiger partial charge in [-0.1, -0.05) is 18.2 Å². The molecule has 1 fully saturated rings. The van der Waals surface area contributed by atoms with E-state index in [4.69, 9.17) is 9.47 Å². The number of nitriles is 1. The lowest BCUT2D eigenvalue weighted by Crippen LogP contribution is -2.53. The summed E-state index contributed by atoms with van der Waals surface area (Å²) < 4.78 is 10.5. The quantitative estimate of drug-likeness (QED) is 0.793. The summed E-state index contributed by atoms with van der Waals surface area (Å²) in [4.78, 5) is 28.4. The summed E-state index contributed by atoms with van der Waals surface area (Å²) in [5.74, 6) is 0.864. The van der Waals surface area contributed by atoms with Gasteiger partial charge in [-0.3, -0.25) is 9.59 Å². The second-order valence-electron chi connectivity index (χ2n) is 6.34. The first kappa shape index (κ1) is 19.2. The van der Waals surface area contributed by atoms with Crippen LogP contribution in [0.4, 0.5) is 5.69 Å². The van der Waals surface area contributed by atoms with E-state index in [9.17, 15) is 14.9 Å². The van der Waals surface area contributed by atoms with Crippen LogP contribution in [-0.2, 0) is 16.0 Å². The number of hydrogen-bond donors (Lipinski definition) is 0. The van der Waals surface area contributed by atoms with Crippen molar-refractivity contribution in [1.29, 1.82) is 5.26 Å². The molecule has 1 saturated heterocycles. The van der Waals surface area contributed by atoms with Crippen LogP contribution < -0.4 is 14.4 Å². The van der Waals surface area contributed by atoms with Gasteiger partial charge in [0.25, 0.3) is 0 Å². The lowest BCUT2D eigenvalue weighted by atomic mass is 10.1. The van der Waals surface area contributed by atoms with Crippen molar-refractivity contribution in [2.45, 2.75) is 6.42 Å². The predicted molar refractivity (Wildman–Crippen MR) is 103 cm³/mol. The molecule has 2 amide bonds. The van der Waals surface area contributed by atoms with Crippen LogP contribution in [0.2, 0.25) is 0 Å². The van der Waals surface area contributed by atoms with Gasteiger partial charge in [0.05, 0.1) is 31.9 Å². The highest BCUT2D eigenvalue weighted by molar-refractivity contribution is 5.99. The van der Waals surface area contributed by atoms with E-state index in [1.165, 1.54) is 12.0 Å². The summed E-state index contributed by atoms with van der Waals surface area (Å²) in [7, 11) is 3.10. The molecule has 1 heterocycles. The second kappa shape index (κ2) is 8.44. The van der Waals surface area contributed by atoms with Crippen molar-refractivity contribution in [3.8, 4) is 17.6 Å². The predicted octanol–water partition coefficient (Wildman–Crippen LogP) is 1.99. The van der Waals surface area contributed by atoms with Crippen molar-refractivity contribution in [3.63, 3.8) is 0 Å². The number of nitrogens with zero attached hydrogens (tertiary/aromatic N) is 3. The Morgan fingerprint density at radius 3 is 2.61 bits per heavy atom. The maximum absolute atomic E-state index is 12.7. The van der Waals surface area contributed by atoms with Crippen molar-refractivity contribution >= 4 is 17.5 Å². The molecule has 144 valence electrons. The smallest absolute Gasteiger partial charge is 0.246 e. The summed E-state index contributed by atoms with van der Waals surface area (Å²) in [5.41, 5.74) is 1.76. The van der Waals surface area contributed by atoms with Crippen molar-refractivity contribution in [1.82, 2.24) is 4.90 Å². The van der Waals surface area contributed by atoms with Gasteiger partial charge >= 0.3 is 0 Å². The lowest BCUT2D eigenvalue weighted by Gasteiger charge is -2.34. The number of ether oxygens (including phenoxy) is 2. The van der Waals surface area contributed by atoms with E-state index in [-0.39, 0.29) is 24.8 Å². The number of methoxy groups -OCH3 is 2. The van der Waals surface area contributed by atoms with Gasteiger partial charge in [-0.25, -0.2) is 0 Å². The number of carbonyl (C=O) groups is 2. The Labute approximate surface area is 163 Å². The molecule has 0 saturated carbocycles. The second-order valence-corrected chi connectivity index (χ2v) is 6.34. The fourth-order valence-electron chi connectivity index (χ4n) is 3.22. The molecule has 0 N–H and O–H groups in total. The van der Waals surface area contributed by atoms with E-state index in [1.807, 2.05) is 0 Å². The standard InChI is InChI=1S/C21H21N3O4/c1-27-17-8-7-15(19(12-17)28-2)11-20(25)23-9-10-24(21(26)14-23)18-6-4-3-5-16(18)13-22/h3-8,12H,9-11,14H2,1-2H3. The highest BCUT2D eigenvalue weighted by Crippen LogP contribution is 2.26. The number of benzene rings is 2. The van der Waals surface area contributed by atoms with Crippen LogP contribution in [0.15, 0.2) is 42.5 Å². The molecule has 0 bridgehead atoms. The Hall–Kier alpha value is -3.53. The molecule has 3 rings (SSSR count). The topological polar surface area (TPSA) is 82.9 Å². The van der Waals surface area contributed by atoms with E-state index in [2.05, 4.69) is 6.07 Å². The van der Waals surface area contributed by atoms with Crippen LogP contribution in [0.3, 0.4) is 0 Å². The normalized spacial score (nSPS) is 13.8. The molecular weight excluding hydrogens is 358 g/mol.